The molecule has 0 saturated heterocycles. The van der Waals surface area contributed by atoms with Crippen LogP contribution in [0.25, 0.3) is 0 Å². The van der Waals surface area contributed by atoms with E-state index < -0.39 is 0 Å². The van der Waals surface area contributed by atoms with Crippen LogP contribution in [0.5, 0.6) is 0 Å². The number of hydrogen-bond donors (Lipinski definition) is 2. The highest BCUT2D eigenvalue weighted by molar-refractivity contribution is 7.09. The molecule has 1 saturated carbocycles. The number of carbonyl (C=O) groups is 1. The average molecular weight is 267 g/mol. The molecule has 4 nitrogen and oxygen atoms in total. The van der Waals surface area contributed by atoms with Crippen LogP contribution in [-0.4, -0.2) is 17.4 Å². The highest BCUT2D eigenvalue weighted by Crippen LogP contribution is 2.25. The van der Waals surface area contributed by atoms with Gasteiger partial charge in [-0.25, -0.2) is 4.98 Å². The van der Waals surface area contributed by atoms with Crippen molar-refractivity contribution in [1.82, 2.24) is 10.3 Å². The molecular weight excluding hydrogens is 246 g/mol. The maximum atomic E-state index is 11.8. The van der Waals surface area contributed by atoms with Crippen LogP contribution >= 0.6 is 11.3 Å². The molecule has 0 aliphatic heterocycles. The molecule has 1 aromatic heterocycles. The van der Waals surface area contributed by atoms with Crippen LogP contribution in [-0.2, 0) is 6.54 Å². The predicted molar refractivity (Wildman–Crippen MR) is 73.5 cm³/mol. The van der Waals surface area contributed by atoms with E-state index in [1.54, 1.807) is 5.38 Å². The first-order valence-corrected chi connectivity index (χ1v) is 7.60. The predicted octanol–water partition coefficient (Wildman–Crippen LogP) is 2.30. The Morgan fingerprint density at radius 2 is 2.22 bits per heavy atom. The Kier molecular flexibility index (Phi) is 5.13. The Bertz CT molecular complexity index is 385. The van der Waals surface area contributed by atoms with E-state index in [4.69, 9.17) is 5.73 Å². The fourth-order valence-electron chi connectivity index (χ4n) is 2.47. The SMILES string of the molecule is NCc1nc(C(=O)NCCC2CCCCC2)cs1. The number of nitrogens with one attached hydrogen (secondary N) is 1. The van der Waals surface area contributed by atoms with Crippen molar-refractivity contribution in [3.05, 3.63) is 16.1 Å². The molecule has 0 bridgehead atoms. The maximum Gasteiger partial charge on any atom is 0.270 e. The molecular formula is C13H21N3OS. The monoisotopic (exact) mass is 267 g/mol. The van der Waals surface area contributed by atoms with E-state index in [1.165, 1.54) is 43.4 Å². The van der Waals surface area contributed by atoms with E-state index in [2.05, 4.69) is 10.3 Å². The van der Waals surface area contributed by atoms with E-state index in [0.717, 1.165) is 23.9 Å². The quantitative estimate of drug-likeness (QED) is 0.860. The minimum atomic E-state index is -0.0678. The maximum absolute atomic E-state index is 11.8. The van der Waals surface area contributed by atoms with Crippen molar-refractivity contribution in [3.8, 4) is 0 Å². The molecule has 0 aromatic carbocycles. The minimum absolute atomic E-state index is 0.0678. The second-order valence-corrected chi connectivity index (χ2v) is 5.82. The number of thiazole rings is 1. The van der Waals surface area contributed by atoms with Gasteiger partial charge in [0.15, 0.2) is 0 Å². The third-order valence-corrected chi connectivity index (χ3v) is 4.39. The molecule has 2 rings (SSSR count). The summed E-state index contributed by atoms with van der Waals surface area (Å²) >= 11 is 1.44. The van der Waals surface area contributed by atoms with Crippen LogP contribution < -0.4 is 11.1 Å². The molecule has 1 amide bonds. The molecule has 1 aliphatic rings. The van der Waals surface area contributed by atoms with E-state index in [-0.39, 0.29) is 5.91 Å². The first-order valence-electron chi connectivity index (χ1n) is 6.72. The van der Waals surface area contributed by atoms with Gasteiger partial charge < -0.3 is 11.1 Å². The van der Waals surface area contributed by atoms with Gasteiger partial charge in [-0.15, -0.1) is 11.3 Å². The highest BCUT2D eigenvalue weighted by Gasteiger charge is 2.14. The van der Waals surface area contributed by atoms with Crippen LogP contribution in [0.15, 0.2) is 5.38 Å². The zero-order valence-electron chi connectivity index (χ0n) is 10.7. The average Bonchev–Trinajstić information content (AvgIpc) is 2.89. The molecule has 100 valence electrons. The lowest BCUT2D eigenvalue weighted by molar-refractivity contribution is 0.0946. The molecule has 0 unspecified atom stereocenters. The van der Waals surface area contributed by atoms with Crippen molar-refractivity contribution in [2.45, 2.75) is 45.1 Å². The molecule has 0 atom stereocenters. The summed E-state index contributed by atoms with van der Waals surface area (Å²) in [7, 11) is 0. The summed E-state index contributed by atoms with van der Waals surface area (Å²) in [5.74, 6) is 0.732. The minimum Gasteiger partial charge on any atom is -0.351 e. The highest BCUT2D eigenvalue weighted by atomic mass is 32.1. The summed E-state index contributed by atoms with van der Waals surface area (Å²) in [6.07, 6.45) is 7.83. The van der Waals surface area contributed by atoms with Crippen LogP contribution in [0.2, 0.25) is 0 Å². The van der Waals surface area contributed by atoms with Gasteiger partial charge in [0.25, 0.3) is 5.91 Å². The lowest BCUT2D eigenvalue weighted by Gasteiger charge is -2.21. The van der Waals surface area contributed by atoms with Gasteiger partial charge in [-0.3, -0.25) is 4.79 Å². The van der Waals surface area contributed by atoms with Crippen molar-refractivity contribution in [1.29, 1.82) is 0 Å². The third-order valence-electron chi connectivity index (χ3n) is 3.52. The summed E-state index contributed by atoms with van der Waals surface area (Å²) in [5.41, 5.74) is 5.98. The van der Waals surface area contributed by atoms with Gasteiger partial charge in [0.2, 0.25) is 0 Å². The van der Waals surface area contributed by atoms with Crippen molar-refractivity contribution in [3.63, 3.8) is 0 Å². The van der Waals surface area contributed by atoms with Gasteiger partial charge in [-0.2, -0.15) is 0 Å². The Balaban J connectivity index is 1.70. The van der Waals surface area contributed by atoms with Gasteiger partial charge in [-0.1, -0.05) is 32.1 Å². The van der Waals surface area contributed by atoms with Gasteiger partial charge in [0.05, 0.1) is 0 Å². The molecule has 1 heterocycles. The van der Waals surface area contributed by atoms with Crippen molar-refractivity contribution >= 4 is 17.2 Å². The Hall–Kier alpha value is -0.940. The van der Waals surface area contributed by atoms with Crippen LogP contribution in [0.1, 0.15) is 54.0 Å². The van der Waals surface area contributed by atoms with Crippen molar-refractivity contribution in [2.24, 2.45) is 11.7 Å². The molecule has 18 heavy (non-hydrogen) atoms. The van der Waals surface area contributed by atoms with Crippen LogP contribution in [0.4, 0.5) is 0 Å². The van der Waals surface area contributed by atoms with E-state index in [1.807, 2.05) is 0 Å². The third kappa shape index (κ3) is 3.78. The van der Waals surface area contributed by atoms with E-state index in [9.17, 15) is 4.79 Å². The number of nitrogens with two attached hydrogens (primary N) is 1. The number of hydrogen-bond acceptors (Lipinski definition) is 4. The summed E-state index contributed by atoms with van der Waals surface area (Å²) < 4.78 is 0. The molecule has 5 heteroatoms. The standard InChI is InChI=1S/C13H21N3OS/c14-8-12-16-11(9-18-12)13(17)15-7-6-10-4-2-1-3-5-10/h9-10H,1-8,14H2,(H,15,17). The number of amides is 1. The van der Waals surface area contributed by atoms with Gasteiger partial charge in [0.1, 0.15) is 10.7 Å². The molecule has 1 aromatic rings. The number of carbonyl (C=O) groups excluding carboxylic acids is 1. The smallest absolute Gasteiger partial charge is 0.270 e. The van der Waals surface area contributed by atoms with Crippen molar-refractivity contribution in [2.75, 3.05) is 6.54 Å². The lowest BCUT2D eigenvalue weighted by Crippen LogP contribution is -2.26. The second kappa shape index (κ2) is 6.85. The van der Waals surface area contributed by atoms with Gasteiger partial charge in [0, 0.05) is 18.5 Å². The van der Waals surface area contributed by atoms with E-state index >= 15 is 0 Å². The number of rotatable bonds is 5. The van der Waals surface area contributed by atoms with Gasteiger partial charge >= 0.3 is 0 Å². The second-order valence-electron chi connectivity index (χ2n) is 4.88. The topological polar surface area (TPSA) is 68.0 Å². The zero-order chi connectivity index (χ0) is 12.8. The Labute approximate surface area is 112 Å². The number of aromatic nitrogens is 1. The summed E-state index contributed by atoms with van der Waals surface area (Å²) in [6, 6.07) is 0. The number of nitrogens with zero attached hydrogens (tertiary/aromatic N) is 1. The van der Waals surface area contributed by atoms with E-state index in [0.29, 0.717) is 12.2 Å². The van der Waals surface area contributed by atoms with Crippen molar-refractivity contribution < 1.29 is 4.79 Å². The molecule has 0 spiro atoms. The lowest BCUT2D eigenvalue weighted by atomic mass is 9.87. The summed E-state index contributed by atoms with van der Waals surface area (Å²) in [6.45, 7) is 1.17. The van der Waals surface area contributed by atoms with Gasteiger partial charge in [-0.05, 0) is 12.3 Å². The van der Waals surface area contributed by atoms with Crippen LogP contribution in [0, 0.1) is 5.92 Å². The molecule has 0 radical (unpaired) electrons. The molecule has 3 N–H and O–H groups in total. The summed E-state index contributed by atoms with van der Waals surface area (Å²) in [4.78, 5) is 16.0. The van der Waals surface area contributed by atoms with Crippen LogP contribution in [0.3, 0.4) is 0 Å². The zero-order valence-corrected chi connectivity index (χ0v) is 11.5. The fourth-order valence-corrected chi connectivity index (χ4v) is 3.12. The first-order chi connectivity index (χ1) is 8.79. The normalized spacial score (nSPS) is 16.7. The first kappa shape index (κ1) is 13.5. The Morgan fingerprint density at radius 3 is 2.89 bits per heavy atom. The fraction of sp³-hybridized carbons (Fsp3) is 0.692. The summed E-state index contributed by atoms with van der Waals surface area (Å²) in [5, 5.41) is 5.54. The molecule has 1 aliphatic carbocycles. The Morgan fingerprint density at radius 1 is 1.44 bits per heavy atom. The largest absolute Gasteiger partial charge is 0.351 e. The molecule has 1 fully saturated rings.